The third-order valence-electron chi connectivity index (χ3n) is 3.42. The zero-order valence-electron chi connectivity index (χ0n) is 9.92. The Hall–Kier alpha value is -0.640. The van der Waals surface area contributed by atoms with Gasteiger partial charge in [-0.1, -0.05) is 18.5 Å². The van der Waals surface area contributed by atoms with Gasteiger partial charge in [-0.2, -0.15) is 0 Å². The van der Waals surface area contributed by atoms with Gasteiger partial charge < -0.3 is 5.11 Å². The fourth-order valence-electron chi connectivity index (χ4n) is 2.30. The maximum Gasteiger partial charge on any atom is 0.123 e. The maximum absolute atomic E-state index is 13.1. The Labute approximate surface area is 106 Å². The first-order valence-corrected chi connectivity index (χ1v) is 6.17. The summed E-state index contributed by atoms with van der Waals surface area (Å²) in [4.78, 5) is 2.21. The summed E-state index contributed by atoms with van der Waals surface area (Å²) in [5.41, 5.74) is 0.786. The molecule has 0 aromatic heterocycles. The molecule has 2 nitrogen and oxygen atoms in total. The number of aliphatic hydroxyl groups excluding tert-OH is 1. The molecule has 0 amide bonds. The zero-order chi connectivity index (χ0) is 12.5. The molecule has 1 aromatic carbocycles. The molecule has 1 N–H and O–H groups in total. The average molecular weight is 258 g/mol. The van der Waals surface area contributed by atoms with E-state index >= 15 is 0 Å². The molecule has 1 heterocycles. The number of benzene rings is 1. The summed E-state index contributed by atoms with van der Waals surface area (Å²) in [7, 11) is 0. The molecule has 1 aromatic rings. The van der Waals surface area contributed by atoms with Gasteiger partial charge in [0.2, 0.25) is 0 Å². The van der Waals surface area contributed by atoms with Crippen LogP contribution < -0.4 is 0 Å². The Balaban J connectivity index is 2.05. The molecule has 2 rings (SSSR count). The molecule has 0 unspecified atom stereocenters. The van der Waals surface area contributed by atoms with E-state index in [1.807, 2.05) is 0 Å². The van der Waals surface area contributed by atoms with Crippen molar-refractivity contribution in [2.75, 3.05) is 19.7 Å². The van der Waals surface area contributed by atoms with Gasteiger partial charge in [0, 0.05) is 30.1 Å². The minimum atomic E-state index is -0.256. The molecule has 1 saturated heterocycles. The monoisotopic (exact) mass is 257 g/mol. The average Bonchev–Trinajstić information content (AvgIpc) is 2.67. The standard InChI is InChI=1S/C13H17ClFNO/c1-13(9-17)4-5-16(8-13)7-10-6-11(15)2-3-12(10)14/h2-3,6,17H,4-5,7-9H2,1H3/t13-/m1/s1. The third-order valence-corrected chi connectivity index (χ3v) is 3.79. The number of hydrogen-bond donors (Lipinski definition) is 1. The zero-order valence-corrected chi connectivity index (χ0v) is 10.7. The summed E-state index contributed by atoms with van der Waals surface area (Å²) in [5, 5.41) is 9.90. The summed E-state index contributed by atoms with van der Waals surface area (Å²) in [5.74, 6) is -0.256. The first kappa shape index (κ1) is 12.8. The first-order chi connectivity index (χ1) is 8.02. The van der Waals surface area contributed by atoms with Crippen LogP contribution in [0.3, 0.4) is 0 Å². The van der Waals surface area contributed by atoms with Crippen LogP contribution in [0.25, 0.3) is 0 Å². The lowest BCUT2D eigenvalue weighted by atomic mass is 9.91. The Morgan fingerprint density at radius 3 is 2.94 bits per heavy atom. The van der Waals surface area contributed by atoms with Crippen molar-refractivity contribution in [1.29, 1.82) is 0 Å². The molecule has 94 valence electrons. The van der Waals surface area contributed by atoms with E-state index in [0.717, 1.165) is 25.1 Å². The van der Waals surface area contributed by atoms with Crippen molar-refractivity contribution in [2.45, 2.75) is 19.9 Å². The second-order valence-electron chi connectivity index (χ2n) is 5.17. The van der Waals surface area contributed by atoms with Gasteiger partial charge >= 0.3 is 0 Å². The molecule has 1 aliphatic heterocycles. The van der Waals surface area contributed by atoms with Gasteiger partial charge in [0.15, 0.2) is 0 Å². The lowest BCUT2D eigenvalue weighted by Crippen LogP contribution is -2.27. The van der Waals surface area contributed by atoms with E-state index in [0.29, 0.717) is 11.6 Å². The molecule has 4 heteroatoms. The van der Waals surface area contributed by atoms with Crippen LogP contribution in [0.5, 0.6) is 0 Å². The quantitative estimate of drug-likeness (QED) is 0.900. The van der Waals surface area contributed by atoms with Crippen LogP contribution in [0.15, 0.2) is 18.2 Å². The molecule has 0 radical (unpaired) electrons. The second kappa shape index (κ2) is 4.92. The van der Waals surface area contributed by atoms with Crippen molar-refractivity contribution in [3.63, 3.8) is 0 Å². The summed E-state index contributed by atoms with van der Waals surface area (Å²) >= 11 is 6.04. The topological polar surface area (TPSA) is 23.5 Å². The van der Waals surface area contributed by atoms with Gasteiger partial charge in [-0.05, 0) is 36.7 Å². The van der Waals surface area contributed by atoms with E-state index in [2.05, 4.69) is 11.8 Å². The highest BCUT2D eigenvalue weighted by Crippen LogP contribution is 2.31. The molecule has 0 saturated carbocycles. The molecule has 0 bridgehead atoms. The smallest absolute Gasteiger partial charge is 0.123 e. The van der Waals surface area contributed by atoms with Crippen LogP contribution in [0.1, 0.15) is 18.9 Å². The van der Waals surface area contributed by atoms with Crippen LogP contribution in [-0.4, -0.2) is 29.7 Å². The number of likely N-dealkylation sites (tertiary alicyclic amines) is 1. The van der Waals surface area contributed by atoms with Gasteiger partial charge in [0.1, 0.15) is 5.82 Å². The SMILES string of the molecule is C[C@@]1(CO)CCN(Cc2cc(F)ccc2Cl)C1. The molecular weight excluding hydrogens is 241 g/mol. The summed E-state index contributed by atoms with van der Waals surface area (Å²) in [6.45, 7) is 4.66. The largest absolute Gasteiger partial charge is 0.396 e. The Bertz CT molecular complexity index is 412. The normalized spacial score (nSPS) is 25.4. The molecule has 1 atom stereocenters. The van der Waals surface area contributed by atoms with Gasteiger partial charge in [0.05, 0.1) is 0 Å². The van der Waals surface area contributed by atoms with Crippen LogP contribution in [-0.2, 0) is 6.54 Å². The number of halogens is 2. The van der Waals surface area contributed by atoms with E-state index in [1.54, 1.807) is 6.07 Å². The highest BCUT2D eigenvalue weighted by molar-refractivity contribution is 6.31. The fourth-order valence-corrected chi connectivity index (χ4v) is 2.47. The molecule has 0 aliphatic carbocycles. The van der Waals surface area contributed by atoms with Crippen molar-refractivity contribution < 1.29 is 9.50 Å². The maximum atomic E-state index is 13.1. The Morgan fingerprint density at radius 1 is 1.53 bits per heavy atom. The molecule has 0 spiro atoms. The second-order valence-corrected chi connectivity index (χ2v) is 5.57. The van der Waals surface area contributed by atoms with Crippen LogP contribution in [0.4, 0.5) is 4.39 Å². The number of aliphatic hydroxyl groups is 1. The Morgan fingerprint density at radius 2 is 2.29 bits per heavy atom. The lowest BCUT2D eigenvalue weighted by Gasteiger charge is -2.22. The van der Waals surface area contributed by atoms with Crippen molar-refractivity contribution >= 4 is 11.6 Å². The van der Waals surface area contributed by atoms with Crippen LogP contribution in [0, 0.1) is 11.2 Å². The van der Waals surface area contributed by atoms with E-state index in [-0.39, 0.29) is 17.8 Å². The fraction of sp³-hybridized carbons (Fsp3) is 0.538. The van der Waals surface area contributed by atoms with Crippen molar-refractivity contribution in [3.8, 4) is 0 Å². The molecular formula is C13H17ClFNO. The third kappa shape index (κ3) is 2.97. The number of hydrogen-bond acceptors (Lipinski definition) is 2. The highest BCUT2D eigenvalue weighted by atomic mass is 35.5. The summed E-state index contributed by atoms with van der Waals surface area (Å²) < 4.78 is 13.1. The van der Waals surface area contributed by atoms with Crippen LogP contribution >= 0.6 is 11.6 Å². The van der Waals surface area contributed by atoms with E-state index in [4.69, 9.17) is 11.6 Å². The summed E-state index contributed by atoms with van der Waals surface area (Å²) in [6.07, 6.45) is 0.969. The van der Waals surface area contributed by atoms with Crippen LogP contribution in [0.2, 0.25) is 5.02 Å². The van der Waals surface area contributed by atoms with Gasteiger partial charge in [-0.3, -0.25) is 4.90 Å². The van der Waals surface area contributed by atoms with Gasteiger partial charge in [0.25, 0.3) is 0 Å². The summed E-state index contributed by atoms with van der Waals surface area (Å²) in [6, 6.07) is 4.44. The lowest BCUT2D eigenvalue weighted by molar-refractivity contribution is 0.144. The predicted molar refractivity (Wildman–Crippen MR) is 66.5 cm³/mol. The van der Waals surface area contributed by atoms with E-state index in [9.17, 15) is 9.50 Å². The molecule has 1 aliphatic rings. The minimum Gasteiger partial charge on any atom is -0.396 e. The molecule has 17 heavy (non-hydrogen) atoms. The highest BCUT2D eigenvalue weighted by Gasteiger charge is 2.33. The first-order valence-electron chi connectivity index (χ1n) is 5.80. The van der Waals surface area contributed by atoms with Gasteiger partial charge in [-0.15, -0.1) is 0 Å². The minimum absolute atomic E-state index is 0.0280. The predicted octanol–water partition coefficient (Wildman–Crippen LogP) is 2.68. The number of rotatable bonds is 3. The van der Waals surface area contributed by atoms with Crippen molar-refractivity contribution in [1.82, 2.24) is 4.90 Å². The number of nitrogens with zero attached hydrogens (tertiary/aromatic N) is 1. The van der Waals surface area contributed by atoms with Crippen molar-refractivity contribution in [3.05, 3.63) is 34.6 Å². The van der Waals surface area contributed by atoms with Crippen molar-refractivity contribution in [2.24, 2.45) is 5.41 Å². The Kier molecular flexibility index (Phi) is 3.71. The van der Waals surface area contributed by atoms with Gasteiger partial charge in [-0.25, -0.2) is 4.39 Å². The molecule has 1 fully saturated rings. The van der Waals surface area contributed by atoms with E-state index < -0.39 is 0 Å². The van der Waals surface area contributed by atoms with E-state index in [1.165, 1.54) is 12.1 Å².